The fraction of sp³-hybridized carbons (Fsp3) is 0. The van der Waals surface area contributed by atoms with Gasteiger partial charge >= 0.3 is 6.01 Å². The van der Waals surface area contributed by atoms with E-state index in [0.717, 1.165) is 0 Å². The molecule has 0 radical (unpaired) electrons. The number of nitrogens with zero attached hydrogens (tertiary/aromatic N) is 4. The number of amides is 1. The van der Waals surface area contributed by atoms with Gasteiger partial charge in [-0.3, -0.25) is 4.79 Å². The Morgan fingerprint density at radius 2 is 1.95 bits per heavy atom. The fourth-order valence-corrected chi connectivity index (χ4v) is 1.75. The van der Waals surface area contributed by atoms with Crippen molar-refractivity contribution in [3.63, 3.8) is 0 Å². The molecule has 1 amide bonds. The summed E-state index contributed by atoms with van der Waals surface area (Å²) in [5.41, 5.74) is 6.32. The van der Waals surface area contributed by atoms with Gasteiger partial charge in [0, 0.05) is 18.0 Å². The van der Waals surface area contributed by atoms with Crippen molar-refractivity contribution < 1.29 is 9.53 Å². The molecule has 3 rings (SSSR count). The van der Waals surface area contributed by atoms with Crippen LogP contribution < -0.4 is 10.5 Å². The van der Waals surface area contributed by atoms with Crippen LogP contribution >= 0.6 is 0 Å². The first-order chi connectivity index (χ1) is 10.2. The van der Waals surface area contributed by atoms with Crippen LogP contribution in [0.3, 0.4) is 0 Å². The fourth-order valence-electron chi connectivity index (χ4n) is 1.75. The Morgan fingerprint density at radius 1 is 1.14 bits per heavy atom. The van der Waals surface area contributed by atoms with Crippen LogP contribution in [-0.4, -0.2) is 31.3 Å². The maximum Gasteiger partial charge on any atom is 0.321 e. The quantitative estimate of drug-likeness (QED) is 0.740. The molecule has 1 aromatic carbocycles. The third kappa shape index (κ3) is 2.68. The number of hydrogen-bond donors (Lipinski definition) is 2. The van der Waals surface area contributed by atoms with Gasteiger partial charge in [-0.25, -0.2) is 9.97 Å². The van der Waals surface area contributed by atoms with E-state index in [2.05, 4.69) is 25.4 Å². The highest BCUT2D eigenvalue weighted by Crippen LogP contribution is 2.25. The first-order valence-electron chi connectivity index (χ1n) is 6.00. The van der Waals surface area contributed by atoms with Gasteiger partial charge in [0.1, 0.15) is 11.4 Å². The SMILES string of the molecule is NC(=O)c1n[nH]nc1-c1cccc(Oc2ncccn2)c1. The second kappa shape index (κ2) is 5.37. The summed E-state index contributed by atoms with van der Waals surface area (Å²) in [7, 11) is 0. The summed E-state index contributed by atoms with van der Waals surface area (Å²) in [6.07, 6.45) is 3.16. The summed E-state index contributed by atoms with van der Waals surface area (Å²) in [4.78, 5) is 19.2. The molecule has 2 aromatic heterocycles. The van der Waals surface area contributed by atoms with Crippen molar-refractivity contribution in [2.45, 2.75) is 0 Å². The lowest BCUT2D eigenvalue weighted by Gasteiger charge is -2.04. The summed E-state index contributed by atoms with van der Waals surface area (Å²) in [6, 6.07) is 8.88. The molecular weight excluding hydrogens is 272 g/mol. The Labute approximate surface area is 119 Å². The maximum atomic E-state index is 11.3. The van der Waals surface area contributed by atoms with Gasteiger partial charge in [0.05, 0.1) is 0 Å². The van der Waals surface area contributed by atoms with Gasteiger partial charge < -0.3 is 10.5 Å². The smallest absolute Gasteiger partial charge is 0.321 e. The Kier molecular flexibility index (Phi) is 3.26. The second-order valence-electron chi connectivity index (χ2n) is 4.05. The van der Waals surface area contributed by atoms with Gasteiger partial charge in [-0.05, 0) is 18.2 Å². The van der Waals surface area contributed by atoms with Crippen molar-refractivity contribution >= 4 is 5.91 Å². The van der Waals surface area contributed by atoms with Crippen molar-refractivity contribution in [1.29, 1.82) is 0 Å². The van der Waals surface area contributed by atoms with Crippen LogP contribution in [0, 0.1) is 0 Å². The minimum Gasteiger partial charge on any atom is -0.424 e. The van der Waals surface area contributed by atoms with Crippen molar-refractivity contribution in [1.82, 2.24) is 25.4 Å². The van der Waals surface area contributed by atoms with Gasteiger partial charge in [0.2, 0.25) is 0 Å². The first-order valence-corrected chi connectivity index (χ1v) is 6.00. The molecule has 0 fully saturated rings. The molecule has 3 aromatic rings. The monoisotopic (exact) mass is 282 g/mol. The van der Waals surface area contributed by atoms with Gasteiger partial charge in [-0.2, -0.15) is 15.4 Å². The molecule has 0 atom stereocenters. The van der Waals surface area contributed by atoms with E-state index in [1.807, 2.05) is 0 Å². The van der Waals surface area contributed by atoms with Crippen LogP contribution in [-0.2, 0) is 0 Å². The van der Waals surface area contributed by atoms with E-state index in [4.69, 9.17) is 10.5 Å². The molecule has 21 heavy (non-hydrogen) atoms. The molecule has 0 bridgehead atoms. The predicted molar refractivity (Wildman–Crippen MR) is 72.4 cm³/mol. The van der Waals surface area contributed by atoms with Crippen molar-refractivity contribution in [2.75, 3.05) is 0 Å². The number of aromatic nitrogens is 5. The molecule has 0 spiro atoms. The van der Waals surface area contributed by atoms with Crippen LogP contribution in [0.1, 0.15) is 10.5 Å². The molecule has 8 nitrogen and oxygen atoms in total. The highest BCUT2D eigenvalue weighted by Gasteiger charge is 2.15. The Morgan fingerprint density at radius 3 is 2.71 bits per heavy atom. The number of carbonyl (C=O) groups is 1. The summed E-state index contributed by atoms with van der Waals surface area (Å²) >= 11 is 0. The number of aromatic amines is 1. The minimum atomic E-state index is -0.656. The Bertz CT molecular complexity index is 771. The minimum absolute atomic E-state index is 0.0723. The van der Waals surface area contributed by atoms with E-state index in [-0.39, 0.29) is 11.7 Å². The van der Waals surface area contributed by atoms with Gasteiger partial charge in [-0.15, -0.1) is 0 Å². The molecular formula is C13H10N6O2. The maximum absolute atomic E-state index is 11.3. The largest absolute Gasteiger partial charge is 0.424 e. The molecule has 0 saturated carbocycles. The molecule has 0 unspecified atom stereocenters. The van der Waals surface area contributed by atoms with Gasteiger partial charge in [0.15, 0.2) is 5.69 Å². The van der Waals surface area contributed by atoms with Crippen LogP contribution in [0.2, 0.25) is 0 Å². The lowest BCUT2D eigenvalue weighted by molar-refractivity contribution is 0.0996. The Balaban J connectivity index is 1.93. The van der Waals surface area contributed by atoms with E-state index >= 15 is 0 Å². The summed E-state index contributed by atoms with van der Waals surface area (Å²) < 4.78 is 5.52. The van der Waals surface area contributed by atoms with E-state index in [1.54, 1.807) is 42.7 Å². The van der Waals surface area contributed by atoms with Crippen molar-refractivity contribution in [3.05, 3.63) is 48.4 Å². The van der Waals surface area contributed by atoms with Crippen molar-refractivity contribution in [3.8, 4) is 23.0 Å². The van der Waals surface area contributed by atoms with E-state index in [1.165, 1.54) is 0 Å². The molecule has 0 aliphatic rings. The number of primary amides is 1. The average molecular weight is 282 g/mol. The summed E-state index contributed by atoms with van der Waals surface area (Å²) in [6.45, 7) is 0. The first kappa shape index (κ1) is 12.7. The molecule has 2 heterocycles. The second-order valence-corrected chi connectivity index (χ2v) is 4.05. The normalized spacial score (nSPS) is 10.3. The molecule has 0 saturated heterocycles. The van der Waals surface area contributed by atoms with E-state index < -0.39 is 5.91 Å². The zero-order valence-corrected chi connectivity index (χ0v) is 10.7. The standard InChI is InChI=1S/C13H10N6O2/c14-12(20)11-10(17-19-18-11)8-3-1-4-9(7-8)21-13-15-5-2-6-16-13/h1-7H,(H2,14,20)(H,17,18,19). The zero-order valence-electron chi connectivity index (χ0n) is 10.7. The summed E-state index contributed by atoms with van der Waals surface area (Å²) in [5, 5.41) is 10.0. The third-order valence-electron chi connectivity index (χ3n) is 2.64. The topological polar surface area (TPSA) is 120 Å². The number of hydrogen-bond acceptors (Lipinski definition) is 6. The third-order valence-corrected chi connectivity index (χ3v) is 2.64. The summed E-state index contributed by atoms with van der Waals surface area (Å²) in [5.74, 6) is -0.145. The highest BCUT2D eigenvalue weighted by atomic mass is 16.5. The number of ether oxygens (including phenoxy) is 1. The van der Waals surface area contributed by atoms with E-state index in [0.29, 0.717) is 17.0 Å². The van der Waals surface area contributed by atoms with Crippen LogP contribution in [0.15, 0.2) is 42.7 Å². The molecule has 104 valence electrons. The Hall–Kier alpha value is -3.29. The van der Waals surface area contributed by atoms with E-state index in [9.17, 15) is 4.79 Å². The number of nitrogens with one attached hydrogen (secondary N) is 1. The molecule has 0 aliphatic carbocycles. The van der Waals surface area contributed by atoms with Crippen molar-refractivity contribution in [2.24, 2.45) is 5.73 Å². The number of H-pyrrole nitrogens is 1. The number of nitrogens with two attached hydrogens (primary N) is 1. The average Bonchev–Trinajstić information content (AvgIpc) is 2.98. The molecule has 0 aliphatic heterocycles. The lowest BCUT2D eigenvalue weighted by Crippen LogP contribution is -2.12. The predicted octanol–water partition coefficient (Wildman–Crippen LogP) is 1.15. The van der Waals surface area contributed by atoms with Crippen LogP contribution in [0.4, 0.5) is 0 Å². The van der Waals surface area contributed by atoms with Crippen LogP contribution in [0.5, 0.6) is 11.8 Å². The highest BCUT2D eigenvalue weighted by molar-refractivity contribution is 5.96. The number of carbonyl (C=O) groups excluding carboxylic acids is 1. The number of benzene rings is 1. The molecule has 8 heteroatoms. The number of rotatable bonds is 4. The van der Waals surface area contributed by atoms with Crippen LogP contribution in [0.25, 0.3) is 11.3 Å². The zero-order chi connectivity index (χ0) is 14.7. The van der Waals surface area contributed by atoms with Gasteiger partial charge in [0.25, 0.3) is 5.91 Å². The molecule has 3 N–H and O–H groups in total. The van der Waals surface area contributed by atoms with Gasteiger partial charge in [-0.1, -0.05) is 12.1 Å². The lowest BCUT2D eigenvalue weighted by atomic mass is 10.1.